The SMILES string of the molecule is COCCN1CC2CN(Cc3cccc(OC)c3)CCN2C1=O. The monoisotopic (exact) mass is 319 g/mol. The van der Waals surface area contributed by atoms with Crippen molar-refractivity contribution in [3.8, 4) is 5.75 Å². The summed E-state index contributed by atoms with van der Waals surface area (Å²) in [5.41, 5.74) is 1.25. The van der Waals surface area contributed by atoms with Gasteiger partial charge in [0.05, 0.1) is 19.8 Å². The average molecular weight is 319 g/mol. The van der Waals surface area contributed by atoms with Crippen LogP contribution in [0.15, 0.2) is 24.3 Å². The van der Waals surface area contributed by atoms with Crippen molar-refractivity contribution in [1.29, 1.82) is 0 Å². The average Bonchev–Trinajstić information content (AvgIpc) is 2.88. The Morgan fingerprint density at radius 3 is 2.87 bits per heavy atom. The number of ether oxygens (including phenoxy) is 2. The number of fused-ring (bicyclic) bond motifs is 1. The lowest BCUT2D eigenvalue weighted by Crippen LogP contribution is -2.51. The predicted octanol–water partition coefficient (Wildman–Crippen LogP) is 1.26. The van der Waals surface area contributed by atoms with Crippen molar-refractivity contribution in [2.45, 2.75) is 12.6 Å². The molecule has 0 radical (unpaired) electrons. The molecule has 0 saturated carbocycles. The van der Waals surface area contributed by atoms with Gasteiger partial charge in [-0.15, -0.1) is 0 Å². The van der Waals surface area contributed by atoms with Crippen molar-refractivity contribution < 1.29 is 14.3 Å². The van der Waals surface area contributed by atoms with Crippen LogP contribution in [0, 0.1) is 0 Å². The topological polar surface area (TPSA) is 45.2 Å². The summed E-state index contributed by atoms with van der Waals surface area (Å²) in [4.78, 5) is 18.7. The number of amides is 2. The molecule has 126 valence electrons. The van der Waals surface area contributed by atoms with Gasteiger partial charge in [-0.2, -0.15) is 0 Å². The van der Waals surface area contributed by atoms with E-state index in [1.165, 1.54) is 5.56 Å². The molecule has 1 unspecified atom stereocenters. The van der Waals surface area contributed by atoms with Gasteiger partial charge in [-0.1, -0.05) is 12.1 Å². The third kappa shape index (κ3) is 3.59. The molecule has 6 nitrogen and oxygen atoms in total. The second-order valence-electron chi connectivity index (χ2n) is 6.16. The van der Waals surface area contributed by atoms with Crippen molar-refractivity contribution in [3.05, 3.63) is 29.8 Å². The lowest BCUT2D eigenvalue weighted by molar-refractivity contribution is 0.116. The predicted molar refractivity (Wildman–Crippen MR) is 87.6 cm³/mol. The number of methoxy groups -OCH3 is 2. The van der Waals surface area contributed by atoms with Crippen LogP contribution in [0.3, 0.4) is 0 Å². The van der Waals surface area contributed by atoms with Crippen LogP contribution >= 0.6 is 0 Å². The zero-order valence-corrected chi connectivity index (χ0v) is 13.9. The Morgan fingerprint density at radius 2 is 2.09 bits per heavy atom. The highest BCUT2D eigenvalue weighted by atomic mass is 16.5. The summed E-state index contributed by atoms with van der Waals surface area (Å²) in [6.45, 7) is 5.61. The molecular formula is C17H25N3O3. The Hall–Kier alpha value is -1.79. The van der Waals surface area contributed by atoms with Gasteiger partial charge in [0, 0.05) is 46.4 Å². The van der Waals surface area contributed by atoms with Crippen molar-refractivity contribution >= 4 is 6.03 Å². The van der Waals surface area contributed by atoms with Crippen molar-refractivity contribution in [1.82, 2.24) is 14.7 Å². The molecule has 0 N–H and O–H groups in total. The van der Waals surface area contributed by atoms with E-state index in [9.17, 15) is 4.79 Å². The van der Waals surface area contributed by atoms with Gasteiger partial charge >= 0.3 is 6.03 Å². The minimum Gasteiger partial charge on any atom is -0.497 e. The lowest BCUT2D eigenvalue weighted by Gasteiger charge is -2.36. The van der Waals surface area contributed by atoms with E-state index in [1.807, 2.05) is 21.9 Å². The molecular weight excluding hydrogens is 294 g/mol. The molecule has 2 aliphatic rings. The van der Waals surface area contributed by atoms with Gasteiger partial charge in [0.15, 0.2) is 0 Å². The first-order chi connectivity index (χ1) is 11.2. The van der Waals surface area contributed by atoms with E-state index in [-0.39, 0.29) is 6.03 Å². The fourth-order valence-electron chi connectivity index (χ4n) is 3.40. The van der Waals surface area contributed by atoms with Gasteiger partial charge in [-0.05, 0) is 17.7 Å². The number of hydrogen-bond acceptors (Lipinski definition) is 4. The zero-order chi connectivity index (χ0) is 16.2. The van der Waals surface area contributed by atoms with E-state index >= 15 is 0 Å². The summed E-state index contributed by atoms with van der Waals surface area (Å²) >= 11 is 0. The minimum atomic E-state index is 0.160. The Bertz CT molecular complexity index is 552. The van der Waals surface area contributed by atoms with E-state index in [0.717, 1.165) is 38.5 Å². The summed E-state index contributed by atoms with van der Waals surface area (Å²) in [6.07, 6.45) is 0. The number of piperazine rings is 1. The number of carbonyl (C=O) groups excluding carboxylic acids is 1. The first-order valence-corrected chi connectivity index (χ1v) is 8.11. The van der Waals surface area contributed by atoms with E-state index < -0.39 is 0 Å². The maximum atomic E-state index is 12.4. The molecule has 23 heavy (non-hydrogen) atoms. The van der Waals surface area contributed by atoms with Crippen LogP contribution in [0.2, 0.25) is 0 Å². The van der Waals surface area contributed by atoms with Crippen molar-refractivity contribution in [2.75, 3.05) is 53.6 Å². The maximum absolute atomic E-state index is 12.4. The van der Waals surface area contributed by atoms with E-state index in [1.54, 1.807) is 14.2 Å². The Morgan fingerprint density at radius 1 is 1.22 bits per heavy atom. The zero-order valence-electron chi connectivity index (χ0n) is 13.9. The van der Waals surface area contributed by atoms with Crippen LogP contribution in [0.1, 0.15) is 5.56 Å². The lowest BCUT2D eigenvalue weighted by atomic mass is 10.1. The number of rotatable bonds is 6. The summed E-state index contributed by atoms with van der Waals surface area (Å²) < 4.78 is 10.4. The molecule has 0 aromatic heterocycles. The van der Waals surface area contributed by atoms with Crippen LogP contribution in [0.25, 0.3) is 0 Å². The molecule has 1 atom stereocenters. The van der Waals surface area contributed by atoms with Gasteiger partial charge in [-0.25, -0.2) is 4.79 Å². The van der Waals surface area contributed by atoms with E-state index in [2.05, 4.69) is 17.0 Å². The molecule has 0 bridgehead atoms. The number of carbonyl (C=O) groups is 1. The molecule has 0 aliphatic carbocycles. The van der Waals surface area contributed by atoms with Gasteiger partial charge in [-0.3, -0.25) is 4.90 Å². The number of benzene rings is 1. The fraction of sp³-hybridized carbons (Fsp3) is 0.588. The number of nitrogens with zero attached hydrogens (tertiary/aromatic N) is 3. The fourth-order valence-corrected chi connectivity index (χ4v) is 3.40. The molecule has 2 aliphatic heterocycles. The summed E-state index contributed by atoms with van der Waals surface area (Å²) in [5, 5.41) is 0. The quantitative estimate of drug-likeness (QED) is 0.792. The molecule has 1 aromatic rings. The van der Waals surface area contributed by atoms with Crippen LogP contribution in [0.4, 0.5) is 4.79 Å². The highest BCUT2D eigenvalue weighted by molar-refractivity contribution is 5.77. The maximum Gasteiger partial charge on any atom is 0.320 e. The van der Waals surface area contributed by atoms with Crippen LogP contribution in [-0.2, 0) is 11.3 Å². The molecule has 3 rings (SSSR count). The molecule has 0 spiro atoms. The first kappa shape index (κ1) is 16.1. The summed E-state index contributed by atoms with van der Waals surface area (Å²) in [7, 11) is 3.36. The second kappa shape index (κ2) is 7.19. The molecule has 2 saturated heterocycles. The molecule has 6 heteroatoms. The van der Waals surface area contributed by atoms with Crippen LogP contribution in [0.5, 0.6) is 5.75 Å². The van der Waals surface area contributed by atoms with Crippen molar-refractivity contribution in [3.63, 3.8) is 0 Å². The van der Waals surface area contributed by atoms with Crippen LogP contribution in [-0.4, -0.2) is 80.3 Å². The van der Waals surface area contributed by atoms with Gasteiger partial charge in [0.2, 0.25) is 0 Å². The van der Waals surface area contributed by atoms with Gasteiger partial charge in [0.25, 0.3) is 0 Å². The van der Waals surface area contributed by atoms with Crippen LogP contribution < -0.4 is 4.74 Å². The standard InChI is InChI=1S/C17H25N3O3/c1-22-9-8-19-13-15-12-18(6-7-20(15)17(19)21)11-14-4-3-5-16(10-14)23-2/h3-5,10,15H,6-9,11-13H2,1-2H3. The summed E-state index contributed by atoms with van der Waals surface area (Å²) in [6, 6.07) is 8.64. The molecule has 1 aromatic carbocycles. The highest BCUT2D eigenvalue weighted by Gasteiger charge is 2.40. The summed E-state index contributed by atoms with van der Waals surface area (Å²) in [5.74, 6) is 0.892. The normalized spacial score (nSPS) is 21.7. The largest absolute Gasteiger partial charge is 0.497 e. The molecule has 2 heterocycles. The van der Waals surface area contributed by atoms with Gasteiger partial charge in [0.1, 0.15) is 5.75 Å². The number of hydrogen-bond donors (Lipinski definition) is 0. The third-order valence-corrected chi connectivity index (χ3v) is 4.62. The van der Waals surface area contributed by atoms with E-state index in [4.69, 9.17) is 9.47 Å². The first-order valence-electron chi connectivity index (χ1n) is 8.11. The van der Waals surface area contributed by atoms with Gasteiger partial charge < -0.3 is 19.3 Å². The minimum absolute atomic E-state index is 0.160. The Balaban J connectivity index is 1.58. The Kier molecular flexibility index (Phi) is 5.03. The molecule has 2 amide bonds. The smallest absolute Gasteiger partial charge is 0.320 e. The van der Waals surface area contributed by atoms with Crippen molar-refractivity contribution in [2.24, 2.45) is 0 Å². The number of urea groups is 1. The molecule has 2 fully saturated rings. The Labute approximate surface area is 137 Å². The third-order valence-electron chi connectivity index (χ3n) is 4.62. The van der Waals surface area contributed by atoms with E-state index in [0.29, 0.717) is 19.2 Å². The highest BCUT2D eigenvalue weighted by Crippen LogP contribution is 2.22. The second-order valence-corrected chi connectivity index (χ2v) is 6.16.